The van der Waals surface area contributed by atoms with Crippen LogP contribution < -0.4 is 14.8 Å². The van der Waals surface area contributed by atoms with Gasteiger partial charge in [-0.3, -0.25) is 4.79 Å². The Morgan fingerprint density at radius 3 is 2.57 bits per heavy atom. The molecule has 5 nitrogen and oxygen atoms in total. The predicted molar refractivity (Wildman–Crippen MR) is 93.0 cm³/mol. The number of ether oxygens (including phenoxy) is 2. The number of benzene rings is 1. The summed E-state index contributed by atoms with van der Waals surface area (Å²) in [7, 11) is 3.26. The second-order valence-corrected chi connectivity index (χ2v) is 7.47. The molecule has 2 atom stereocenters. The fraction of sp³-hybridized carbons (Fsp3) is 0.588. The summed E-state index contributed by atoms with van der Waals surface area (Å²) in [6.07, 6.45) is 0. The van der Waals surface area contributed by atoms with E-state index in [4.69, 9.17) is 9.47 Å². The Kier molecular flexibility index (Phi) is 6.18. The molecule has 0 aliphatic carbocycles. The molecular formula is C17H27N2O3S+. The number of nitrogens with zero attached hydrogens (tertiary/aromatic N) is 1. The smallest absolute Gasteiger partial charge is 0.236 e. The highest BCUT2D eigenvalue weighted by Gasteiger charge is 2.38. The normalized spacial score (nSPS) is 21.1. The lowest BCUT2D eigenvalue weighted by Crippen LogP contribution is -2.89. The van der Waals surface area contributed by atoms with Gasteiger partial charge in [-0.05, 0) is 38.5 Å². The average Bonchev–Trinajstić information content (AvgIpc) is 2.82. The van der Waals surface area contributed by atoms with Gasteiger partial charge in [0.05, 0.1) is 38.6 Å². The number of methoxy groups -OCH3 is 2. The molecule has 0 radical (unpaired) electrons. The summed E-state index contributed by atoms with van der Waals surface area (Å²) in [6.45, 7) is 7.98. The number of thioether (sulfide) groups is 1. The fourth-order valence-corrected chi connectivity index (χ4v) is 4.01. The number of hydrogen-bond donors (Lipinski definition) is 1. The molecule has 1 heterocycles. The number of nitrogens with two attached hydrogens (primary N) is 1. The third-order valence-electron chi connectivity index (χ3n) is 3.95. The summed E-state index contributed by atoms with van der Waals surface area (Å²) in [4.78, 5) is 14.5. The van der Waals surface area contributed by atoms with Crippen LogP contribution >= 0.6 is 11.8 Å². The van der Waals surface area contributed by atoms with Crippen molar-refractivity contribution in [2.75, 3.05) is 27.3 Å². The van der Waals surface area contributed by atoms with Crippen molar-refractivity contribution in [2.24, 2.45) is 0 Å². The minimum Gasteiger partial charge on any atom is -0.493 e. The highest BCUT2D eigenvalue weighted by molar-refractivity contribution is 8.01. The molecule has 23 heavy (non-hydrogen) atoms. The van der Waals surface area contributed by atoms with Crippen LogP contribution in [0.1, 0.15) is 31.7 Å². The molecule has 1 saturated heterocycles. The van der Waals surface area contributed by atoms with E-state index in [1.807, 2.05) is 30.0 Å². The molecule has 0 saturated carbocycles. The van der Waals surface area contributed by atoms with Crippen molar-refractivity contribution >= 4 is 17.7 Å². The van der Waals surface area contributed by atoms with Gasteiger partial charge in [-0.15, -0.1) is 11.8 Å². The van der Waals surface area contributed by atoms with Gasteiger partial charge in [-0.2, -0.15) is 0 Å². The van der Waals surface area contributed by atoms with E-state index in [2.05, 4.69) is 19.2 Å². The zero-order valence-corrected chi connectivity index (χ0v) is 15.4. The van der Waals surface area contributed by atoms with Crippen molar-refractivity contribution in [3.8, 4) is 11.5 Å². The molecule has 1 amide bonds. The van der Waals surface area contributed by atoms with Crippen LogP contribution in [0, 0.1) is 0 Å². The van der Waals surface area contributed by atoms with Gasteiger partial charge in [0.2, 0.25) is 5.91 Å². The molecule has 2 rings (SSSR count). The molecule has 1 fully saturated rings. The van der Waals surface area contributed by atoms with Crippen molar-refractivity contribution < 1.29 is 19.6 Å². The standard InChI is InChI=1S/C17H26N2O3S/c1-11(2)18-8-9-19-16(20)12(3)23-17(19)13-6-7-14(21-4)15(10-13)22-5/h6-7,10-12,17-18H,8-9H2,1-5H3/p+1/t12-,17+/m0/s1. The lowest BCUT2D eigenvalue weighted by molar-refractivity contribution is -0.682. The largest absolute Gasteiger partial charge is 0.493 e. The monoisotopic (exact) mass is 339 g/mol. The average molecular weight is 339 g/mol. The summed E-state index contributed by atoms with van der Waals surface area (Å²) in [5.74, 6) is 1.62. The third-order valence-corrected chi connectivity index (χ3v) is 5.34. The lowest BCUT2D eigenvalue weighted by Gasteiger charge is -2.24. The van der Waals surface area contributed by atoms with E-state index in [0.717, 1.165) is 18.7 Å². The Balaban J connectivity index is 2.19. The first-order valence-corrected chi connectivity index (χ1v) is 8.93. The Bertz CT molecular complexity index is 551. The fourth-order valence-electron chi connectivity index (χ4n) is 2.71. The Morgan fingerprint density at radius 2 is 1.96 bits per heavy atom. The van der Waals surface area contributed by atoms with Crippen LogP contribution in [0.25, 0.3) is 0 Å². The Labute approximate surface area is 142 Å². The van der Waals surface area contributed by atoms with Crippen molar-refractivity contribution in [1.29, 1.82) is 0 Å². The van der Waals surface area contributed by atoms with E-state index in [9.17, 15) is 4.79 Å². The number of hydrogen-bond acceptors (Lipinski definition) is 4. The van der Waals surface area contributed by atoms with E-state index < -0.39 is 0 Å². The first-order valence-electron chi connectivity index (χ1n) is 7.99. The van der Waals surface area contributed by atoms with Crippen molar-refractivity contribution in [1.82, 2.24) is 4.90 Å². The molecule has 0 spiro atoms. The number of carbonyl (C=O) groups excluding carboxylic acids is 1. The minimum absolute atomic E-state index is 0.00727. The number of carbonyl (C=O) groups is 1. The summed E-state index contributed by atoms with van der Waals surface area (Å²) in [6, 6.07) is 6.43. The van der Waals surface area contributed by atoms with E-state index in [1.165, 1.54) is 0 Å². The molecule has 0 bridgehead atoms. The first-order chi connectivity index (χ1) is 11.0. The van der Waals surface area contributed by atoms with Gasteiger partial charge < -0.3 is 19.7 Å². The zero-order valence-electron chi connectivity index (χ0n) is 14.5. The SMILES string of the molecule is COc1ccc([C@H]2S[C@@H](C)C(=O)N2CC[NH2+]C(C)C)cc1OC. The summed E-state index contributed by atoms with van der Waals surface area (Å²) in [5, 5.41) is 2.29. The molecular weight excluding hydrogens is 312 g/mol. The van der Waals surface area contributed by atoms with Crippen molar-refractivity contribution in [2.45, 2.75) is 37.4 Å². The van der Waals surface area contributed by atoms with Gasteiger partial charge in [-0.25, -0.2) is 0 Å². The molecule has 2 N–H and O–H groups in total. The van der Waals surface area contributed by atoms with Crippen molar-refractivity contribution in [3.05, 3.63) is 23.8 Å². The summed E-state index contributed by atoms with van der Waals surface area (Å²) < 4.78 is 10.7. The maximum absolute atomic E-state index is 12.5. The quantitative estimate of drug-likeness (QED) is 0.820. The van der Waals surface area contributed by atoms with Crippen LogP contribution in [0.2, 0.25) is 0 Å². The topological polar surface area (TPSA) is 55.4 Å². The van der Waals surface area contributed by atoms with E-state index in [0.29, 0.717) is 17.5 Å². The summed E-state index contributed by atoms with van der Waals surface area (Å²) >= 11 is 1.69. The van der Waals surface area contributed by atoms with Crippen LogP contribution in [0.15, 0.2) is 18.2 Å². The Hall–Kier alpha value is -1.40. The number of amides is 1. The van der Waals surface area contributed by atoms with Gasteiger partial charge in [0, 0.05) is 0 Å². The maximum atomic E-state index is 12.5. The molecule has 0 unspecified atom stereocenters. The third kappa shape index (κ3) is 4.12. The molecule has 1 aromatic rings. The predicted octanol–water partition coefficient (Wildman–Crippen LogP) is 1.64. The maximum Gasteiger partial charge on any atom is 0.236 e. The van der Waals surface area contributed by atoms with Crippen LogP contribution in [-0.4, -0.2) is 49.4 Å². The Morgan fingerprint density at radius 1 is 1.26 bits per heavy atom. The summed E-state index contributed by atoms with van der Waals surface area (Å²) in [5.41, 5.74) is 1.08. The van der Waals surface area contributed by atoms with Crippen LogP contribution in [0.3, 0.4) is 0 Å². The molecule has 128 valence electrons. The van der Waals surface area contributed by atoms with Crippen LogP contribution in [0.4, 0.5) is 0 Å². The lowest BCUT2D eigenvalue weighted by atomic mass is 10.1. The van der Waals surface area contributed by atoms with Gasteiger partial charge >= 0.3 is 0 Å². The van der Waals surface area contributed by atoms with Gasteiger partial charge in [0.1, 0.15) is 5.37 Å². The first kappa shape index (κ1) is 17.9. The molecule has 0 aromatic heterocycles. The second kappa shape index (κ2) is 7.93. The zero-order chi connectivity index (χ0) is 17.0. The van der Waals surface area contributed by atoms with E-state index in [-0.39, 0.29) is 16.5 Å². The highest BCUT2D eigenvalue weighted by Crippen LogP contribution is 2.44. The number of rotatable bonds is 7. The molecule has 1 aliphatic rings. The van der Waals surface area contributed by atoms with E-state index >= 15 is 0 Å². The minimum atomic E-state index is -0.00727. The highest BCUT2D eigenvalue weighted by atomic mass is 32.2. The van der Waals surface area contributed by atoms with Gasteiger partial charge in [0.15, 0.2) is 11.5 Å². The molecule has 1 aromatic carbocycles. The van der Waals surface area contributed by atoms with Crippen LogP contribution in [0.5, 0.6) is 11.5 Å². The van der Waals surface area contributed by atoms with Gasteiger partial charge in [-0.1, -0.05) is 6.07 Å². The molecule has 6 heteroatoms. The van der Waals surface area contributed by atoms with Gasteiger partial charge in [0.25, 0.3) is 0 Å². The molecule has 1 aliphatic heterocycles. The van der Waals surface area contributed by atoms with E-state index in [1.54, 1.807) is 26.0 Å². The number of quaternary nitrogens is 1. The second-order valence-electron chi connectivity index (χ2n) is 6.05. The van der Waals surface area contributed by atoms with Crippen molar-refractivity contribution in [3.63, 3.8) is 0 Å². The van der Waals surface area contributed by atoms with Crippen LogP contribution in [-0.2, 0) is 4.79 Å².